The molecule has 2 nitrogen and oxygen atoms in total. The Bertz CT molecular complexity index is 145. The fourth-order valence-electron chi connectivity index (χ4n) is 0.358. The van der Waals surface area contributed by atoms with Gasteiger partial charge in [-0.3, -0.25) is 4.79 Å². The van der Waals surface area contributed by atoms with Gasteiger partial charge in [-0.1, -0.05) is 0 Å². The van der Waals surface area contributed by atoms with Gasteiger partial charge in [0.25, 0.3) is 0 Å². The maximum atomic E-state index is 9.77. The number of carbonyl (C=O) groups is 1. The number of carbonyl (C=O) groups excluding carboxylic acids is 1. The van der Waals surface area contributed by atoms with Crippen LogP contribution in [-0.2, 0) is 17.1 Å². The standard InChI is InChI=1S/C5H4O2.Cu/c6-4-5-2-1-3-7-5;/h1-4H;. The smallest absolute Gasteiger partial charge is 0.185 e. The minimum absolute atomic E-state index is 0. The van der Waals surface area contributed by atoms with Crippen LogP contribution in [0.3, 0.4) is 0 Å². The summed E-state index contributed by atoms with van der Waals surface area (Å²) in [6.07, 6.45) is 2.13. The van der Waals surface area contributed by atoms with Crippen molar-refractivity contribution in [2.45, 2.75) is 0 Å². The monoisotopic (exact) mass is 159 g/mol. The van der Waals surface area contributed by atoms with Crippen molar-refractivity contribution in [3.63, 3.8) is 0 Å². The van der Waals surface area contributed by atoms with Crippen LogP contribution in [0, 0.1) is 0 Å². The predicted octanol–water partition coefficient (Wildman–Crippen LogP) is 1.09. The van der Waals surface area contributed by atoms with Crippen LogP contribution in [0.1, 0.15) is 10.6 Å². The third-order valence-corrected chi connectivity index (χ3v) is 0.659. The molecule has 1 radical (unpaired) electrons. The topological polar surface area (TPSA) is 30.2 Å². The van der Waals surface area contributed by atoms with Crippen molar-refractivity contribution in [3.8, 4) is 0 Å². The second-order valence-corrected chi connectivity index (χ2v) is 1.13. The van der Waals surface area contributed by atoms with Crippen molar-refractivity contribution in [2.24, 2.45) is 0 Å². The third-order valence-electron chi connectivity index (χ3n) is 0.659. The third kappa shape index (κ3) is 1.52. The first-order valence-electron chi connectivity index (χ1n) is 1.92. The van der Waals surface area contributed by atoms with Gasteiger partial charge >= 0.3 is 0 Å². The van der Waals surface area contributed by atoms with Crippen LogP contribution in [0.25, 0.3) is 0 Å². The molecule has 0 aliphatic heterocycles. The van der Waals surface area contributed by atoms with Gasteiger partial charge in [-0.2, -0.15) is 0 Å². The van der Waals surface area contributed by atoms with E-state index in [1.54, 1.807) is 12.1 Å². The molecule has 0 aromatic carbocycles. The predicted molar refractivity (Wildman–Crippen MR) is 24.1 cm³/mol. The number of aldehydes is 1. The van der Waals surface area contributed by atoms with Crippen LogP contribution in [0.2, 0.25) is 0 Å². The number of hydrogen-bond acceptors (Lipinski definition) is 2. The second-order valence-electron chi connectivity index (χ2n) is 1.13. The van der Waals surface area contributed by atoms with E-state index in [0.717, 1.165) is 0 Å². The fraction of sp³-hybridized carbons (Fsp3) is 0. The average molecular weight is 160 g/mol. The van der Waals surface area contributed by atoms with E-state index < -0.39 is 0 Å². The summed E-state index contributed by atoms with van der Waals surface area (Å²) in [6.45, 7) is 0. The first-order chi connectivity index (χ1) is 3.43. The Morgan fingerprint density at radius 2 is 2.38 bits per heavy atom. The second kappa shape index (κ2) is 3.47. The Hall–Kier alpha value is -0.531. The molecule has 1 aromatic heterocycles. The summed E-state index contributed by atoms with van der Waals surface area (Å²) in [4.78, 5) is 9.77. The van der Waals surface area contributed by atoms with Gasteiger partial charge in [-0.15, -0.1) is 0 Å². The molecule has 3 heteroatoms. The van der Waals surface area contributed by atoms with Crippen molar-refractivity contribution in [1.29, 1.82) is 0 Å². The zero-order valence-electron chi connectivity index (χ0n) is 3.93. The molecule has 0 aliphatic carbocycles. The maximum Gasteiger partial charge on any atom is 0.185 e. The average Bonchev–Trinajstić information content (AvgIpc) is 2.14. The molecule has 0 amide bonds. The van der Waals surface area contributed by atoms with E-state index >= 15 is 0 Å². The molecule has 47 valence electrons. The van der Waals surface area contributed by atoms with E-state index in [1.165, 1.54) is 6.26 Å². The van der Waals surface area contributed by atoms with Crippen LogP contribution >= 0.6 is 0 Å². The molecule has 0 fully saturated rings. The SMILES string of the molecule is O=Cc1ccco1.[Cu]. The van der Waals surface area contributed by atoms with Gasteiger partial charge in [0.1, 0.15) is 0 Å². The van der Waals surface area contributed by atoms with Crippen LogP contribution < -0.4 is 0 Å². The summed E-state index contributed by atoms with van der Waals surface area (Å²) in [6, 6.07) is 3.27. The minimum atomic E-state index is 0. The quantitative estimate of drug-likeness (QED) is 0.454. The molecule has 1 heterocycles. The van der Waals surface area contributed by atoms with Gasteiger partial charge in [-0.25, -0.2) is 0 Å². The van der Waals surface area contributed by atoms with E-state index in [1.807, 2.05) is 0 Å². The number of furan rings is 1. The molecule has 1 rings (SSSR count). The number of rotatable bonds is 1. The fourth-order valence-corrected chi connectivity index (χ4v) is 0.358. The molecule has 1 aromatic rings. The molecule has 0 saturated heterocycles. The summed E-state index contributed by atoms with van der Waals surface area (Å²) in [5.74, 6) is 0.375. The molecule has 0 atom stereocenters. The zero-order chi connectivity index (χ0) is 5.11. The Balaban J connectivity index is 0.000000490. The maximum absolute atomic E-state index is 9.77. The Labute approximate surface area is 57.3 Å². The summed E-state index contributed by atoms with van der Waals surface area (Å²) in [5.41, 5.74) is 0. The van der Waals surface area contributed by atoms with Gasteiger partial charge in [0.05, 0.1) is 6.26 Å². The largest absolute Gasteiger partial charge is 0.462 e. The van der Waals surface area contributed by atoms with Gasteiger partial charge < -0.3 is 4.42 Å². The van der Waals surface area contributed by atoms with Crippen molar-refractivity contribution >= 4 is 6.29 Å². The van der Waals surface area contributed by atoms with Gasteiger partial charge in [0.15, 0.2) is 12.0 Å². The van der Waals surface area contributed by atoms with E-state index in [-0.39, 0.29) is 17.1 Å². The zero-order valence-corrected chi connectivity index (χ0v) is 4.87. The Kier molecular flexibility index (Phi) is 3.24. The summed E-state index contributed by atoms with van der Waals surface area (Å²) >= 11 is 0. The van der Waals surface area contributed by atoms with Crippen molar-refractivity contribution < 1.29 is 26.3 Å². The van der Waals surface area contributed by atoms with E-state index in [9.17, 15) is 4.79 Å². The van der Waals surface area contributed by atoms with Crippen LogP contribution in [-0.4, -0.2) is 6.29 Å². The van der Waals surface area contributed by atoms with Gasteiger partial charge in [0.2, 0.25) is 0 Å². The molecular weight excluding hydrogens is 156 g/mol. The Morgan fingerprint density at radius 1 is 1.62 bits per heavy atom. The van der Waals surface area contributed by atoms with Crippen LogP contribution in [0.4, 0.5) is 0 Å². The summed E-state index contributed by atoms with van der Waals surface area (Å²) < 4.78 is 4.61. The van der Waals surface area contributed by atoms with Crippen LogP contribution in [0.5, 0.6) is 0 Å². The molecule has 0 spiro atoms. The minimum Gasteiger partial charge on any atom is -0.462 e. The van der Waals surface area contributed by atoms with Gasteiger partial charge in [0, 0.05) is 17.1 Å². The Morgan fingerprint density at radius 3 is 2.62 bits per heavy atom. The van der Waals surface area contributed by atoms with E-state index in [0.29, 0.717) is 12.0 Å². The summed E-state index contributed by atoms with van der Waals surface area (Å²) in [5, 5.41) is 0. The first-order valence-corrected chi connectivity index (χ1v) is 1.92. The molecule has 0 saturated carbocycles. The van der Waals surface area contributed by atoms with Crippen LogP contribution in [0.15, 0.2) is 22.8 Å². The van der Waals surface area contributed by atoms with Crippen molar-refractivity contribution in [1.82, 2.24) is 0 Å². The molecule has 0 bridgehead atoms. The first kappa shape index (κ1) is 7.47. The molecule has 0 unspecified atom stereocenters. The van der Waals surface area contributed by atoms with E-state index in [4.69, 9.17) is 0 Å². The van der Waals surface area contributed by atoms with Gasteiger partial charge in [-0.05, 0) is 12.1 Å². The normalized spacial score (nSPS) is 7.50. The van der Waals surface area contributed by atoms with E-state index in [2.05, 4.69) is 4.42 Å². The number of hydrogen-bond donors (Lipinski definition) is 0. The molecule has 8 heavy (non-hydrogen) atoms. The molecule has 0 aliphatic rings. The molecule has 0 N–H and O–H groups in total. The summed E-state index contributed by atoms with van der Waals surface area (Å²) in [7, 11) is 0. The van der Waals surface area contributed by atoms with Crippen molar-refractivity contribution in [3.05, 3.63) is 24.2 Å². The molecular formula is C5H4CuO2. The van der Waals surface area contributed by atoms with Crippen molar-refractivity contribution in [2.75, 3.05) is 0 Å².